The van der Waals surface area contributed by atoms with Crippen molar-refractivity contribution in [2.45, 2.75) is 6.42 Å². The second kappa shape index (κ2) is 7.22. The van der Waals surface area contributed by atoms with Gasteiger partial charge in [0.1, 0.15) is 0 Å². The van der Waals surface area contributed by atoms with Gasteiger partial charge in [-0.2, -0.15) is 0 Å². The maximum atomic E-state index is 11.2. The van der Waals surface area contributed by atoms with Crippen LogP contribution >= 0.6 is 15.9 Å². The first-order valence-corrected chi connectivity index (χ1v) is 8.51. The van der Waals surface area contributed by atoms with Crippen LogP contribution in [0.25, 0.3) is 6.08 Å². The standard InChI is InChI=1S/C14H18BrNOS/c15-14-6-4-13(5-7-14)3-1-2-8-16-9-11-18(17)12-10-16/h1,3-7H,2,8-12H2/b3-1-. The van der Waals surface area contributed by atoms with Crippen LogP contribution in [0.5, 0.6) is 0 Å². The summed E-state index contributed by atoms with van der Waals surface area (Å²) in [6, 6.07) is 8.31. The molecule has 0 bridgehead atoms. The molecule has 0 spiro atoms. The third-order valence-corrected chi connectivity index (χ3v) is 4.87. The van der Waals surface area contributed by atoms with Gasteiger partial charge in [0.05, 0.1) is 0 Å². The molecule has 0 N–H and O–H groups in total. The van der Waals surface area contributed by atoms with E-state index < -0.39 is 10.8 Å². The molecule has 0 unspecified atom stereocenters. The Balaban J connectivity index is 1.71. The van der Waals surface area contributed by atoms with Crippen LogP contribution in [0.1, 0.15) is 12.0 Å². The molecule has 1 aromatic carbocycles. The summed E-state index contributed by atoms with van der Waals surface area (Å²) in [5, 5.41) is 0. The van der Waals surface area contributed by atoms with E-state index in [2.05, 4.69) is 57.2 Å². The molecule has 1 aliphatic rings. The van der Waals surface area contributed by atoms with Crippen LogP contribution in [0.3, 0.4) is 0 Å². The number of hydrogen-bond donors (Lipinski definition) is 0. The highest BCUT2D eigenvalue weighted by Crippen LogP contribution is 2.11. The highest BCUT2D eigenvalue weighted by molar-refractivity contribution is 9.10. The predicted molar refractivity (Wildman–Crippen MR) is 82.1 cm³/mol. The topological polar surface area (TPSA) is 20.3 Å². The predicted octanol–water partition coefficient (Wildman–Crippen LogP) is 2.92. The van der Waals surface area contributed by atoms with Crippen molar-refractivity contribution in [2.75, 3.05) is 31.1 Å². The van der Waals surface area contributed by atoms with Gasteiger partial charge >= 0.3 is 0 Å². The number of hydrogen-bond acceptors (Lipinski definition) is 2. The van der Waals surface area contributed by atoms with Gasteiger partial charge in [0, 0.05) is 46.4 Å². The molecule has 1 saturated heterocycles. The molecule has 2 rings (SSSR count). The monoisotopic (exact) mass is 327 g/mol. The van der Waals surface area contributed by atoms with Gasteiger partial charge in [-0.25, -0.2) is 0 Å². The van der Waals surface area contributed by atoms with Crippen molar-refractivity contribution in [3.05, 3.63) is 40.4 Å². The number of benzene rings is 1. The lowest BCUT2D eigenvalue weighted by molar-refractivity contribution is 0.305. The SMILES string of the molecule is O=S1CCN(CC/C=C\c2ccc(Br)cc2)CC1. The molecule has 1 fully saturated rings. The fourth-order valence-electron chi connectivity index (χ4n) is 1.95. The number of rotatable bonds is 4. The molecule has 0 amide bonds. The van der Waals surface area contributed by atoms with Crippen LogP contribution in [0.2, 0.25) is 0 Å². The molecule has 0 aliphatic carbocycles. The molecule has 2 nitrogen and oxygen atoms in total. The van der Waals surface area contributed by atoms with Gasteiger partial charge in [0.2, 0.25) is 0 Å². The van der Waals surface area contributed by atoms with E-state index in [0.717, 1.165) is 42.0 Å². The van der Waals surface area contributed by atoms with E-state index in [1.807, 2.05) is 0 Å². The summed E-state index contributed by atoms with van der Waals surface area (Å²) in [7, 11) is -0.564. The maximum Gasteiger partial charge on any atom is 0.0363 e. The second-order valence-electron chi connectivity index (χ2n) is 4.43. The van der Waals surface area contributed by atoms with Crippen LogP contribution in [0.15, 0.2) is 34.8 Å². The molecule has 4 heteroatoms. The Morgan fingerprint density at radius 1 is 1.22 bits per heavy atom. The van der Waals surface area contributed by atoms with E-state index in [4.69, 9.17) is 0 Å². The summed E-state index contributed by atoms with van der Waals surface area (Å²) in [5.74, 6) is 1.69. The summed E-state index contributed by atoms with van der Waals surface area (Å²) in [4.78, 5) is 2.40. The van der Waals surface area contributed by atoms with Crippen LogP contribution in [-0.2, 0) is 10.8 Å². The Hall–Kier alpha value is -0.450. The lowest BCUT2D eigenvalue weighted by Gasteiger charge is -2.25. The Morgan fingerprint density at radius 2 is 1.89 bits per heavy atom. The van der Waals surface area contributed by atoms with Crippen molar-refractivity contribution in [1.82, 2.24) is 4.90 Å². The van der Waals surface area contributed by atoms with Crippen LogP contribution < -0.4 is 0 Å². The zero-order valence-corrected chi connectivity index (χ0v) is 12.8. The normalized spacial score (nSPS) is 18.5. The van der Waals surface area contributed by atoms with Gasteiger partial charge in [-0.15, -0.1) is 0 Å². The van der Waals surface area contributed by atoms with Crippen molar-refractivity contribution in [1.29, 1.82) is 0 Å². The average molecular weight is 328 g/mol. The van der Waals surface area contributed by atoms with Gasteiger partial charge < -0.3 is 4.90 Å². The minimum absolute atomic E-state index is 0.564. The van der Waals surface area contributed by atoms with Crippen molar-refractivity contribution in [3.8, 4) is 0 Å². The molecule has 1 aliphatic heterocycles. The summed E-state index contributed by atoms with van der Waals surface area (Å²) in [6.07, 6.45) is 5.44. The minimum atomic E-state index is -0.564. The highest BCUT2D eigenvalue weighted by atomic mass is 79.9. The fourth-order valence-corrected chi connectivity index (χ4v) is 3.34. The van der Waals surface area contributed by atoms with Crippen molar-refractivity contribution in [3.63, 3.8) is 0 Å². The van der Waals surface area contributed by atoms with E-state index >= 15 is 0 Å². The van der Waals surface area contributed by atoms with Crippen molar-refractivity contribution in [2.24, 2.45) is 0 Å². The first-order valence-electron chi connectivity index (χ1n) is 6.23. The van der Waals surface area contributed by atoms with Crippen molar-refractivity contribution < 1.29 is 4.21 Å². The molecular formula is C14H18BrNOS. The summed E-state index contributed by atoms with van der Waals surface area (Å²) in [6.45, 7) is 3.04. The Morgan fingerprint density at radius 3 is 2.56 bits per heavy atom. The van der Waals surface area contributed by atoms with Crippen LogP contribution in [-0.4, -0.2) is 40.2 Å². The van der Waals surface area contributed by atoms with E-state index in [9.17, 15) is 4.21 Å². The lowest BCUT2D eigenvalue weighted by atomic mass is 10.2. The number of nitrogens with zero attached hydrogens (tertiary/aromatic N) is 1. The van der Waals surface area contributed by atoms with Gasteiger partial charge in [-0.3, -0.25) is 4.21 Å². The van der Waals surface area contributed by atoms with Gasteiger partial charge in [0.15, 0.2) is 0 Å². The summed E-state index contributed by atoms with van der Waals surface area (Å²) in [5.41, 5.74) is 1.23. The summed E-state index contributed by atoms with van der Waals surface area (Å²) >= 11 is 3.43. The second-order valence-corrected chi connectivity index (χ2v) is 7.04. The lowest BCUT2D eigenvalue weighted by Crippen LogP contribution is -2.38. The number of halogens is 1. The minimum Gasteiger partial charge on any atom is -0.301 e. The zero-order valence-electron chi connectivity index (χ0n) is 10.3. The Bertz CT molecular complexity index is 420. The third kappa shape index (κ3) is 4.67. The zero-order chi connectivity index (χ0) is 12.8. The first kappa shape index (κ1) is 14.0. The molecule has 0 saturated carbocycles. The largest absolute Gasteiger partial charge is 0.301 e. The van der Waals surface area contributed by atoms with Crippen LogP contribution in [0, 0.1) is 0 Å². The molecule has 1 heterocycles. The molecular weight excluding hydrogens is 310 g/mol. The highest BCUT2D eigenvalue weighted by Gasteiger charge is 2.13. The summed E-state index contributed by atoms with van der Waals surface area (Å²) < 4.78 is 12.3. The van der Waals surface area contributed by atoms with Gasteiger partial charge in [-0.05, 0) is 24.1 Å². The Kier molecular flexibility index (Phi) is 5.60. The Labute approximate surface area is 120 Å². The average Bonchev–Trinajstić information content (AvgIpc) is 2.39. The smallest absolute Gasteiger partial charge is 0.0363 e. The van der Waals surface area contributed by atoms with E-state index in [1.165, 1.54) is 5.56 Å². The van der Waals surface area contributed by atoms with Gasteiger partial charge in [0.25, 0.3) is 0 Å². The molecule has 98 valence electrons. The molecule has 18 heavy (non-hydrogen) atoms. The molecule has 1 aromatic rings. The van der Waals surface area contributed by atoms with E-state index in [1.54, 1.807) is 0 Å². The molecule has 0 aromatic heterocycles. The van der Waals surface area contributed by atoms with Gasteiger partial charge in [-0.1, -0.05) is 40.2 Å². The van der Waals surface area contributed by atoms with Crippen molar-refractivity contribution >= 4 is 32.8 Å². The third-order valence-electron chi connectivity index (χ3n) is 3.06. The molecule has 0 radical (unpaired) electrons. The fraction of sp³-hybridized carbons (Fsp3) is 0.429. The quantitative estimate of drug-likeness (QED) is 0.847. The maximum absolute atomic E-state index is 11.2. The molecule has 0 atom stereocenters. The first-order chi connectivity index (χ1) is 8.74. The van der Waals surface area contributed by atoms with Crippen LogP contribution in [0.4, 0.5) is 0 Å². The van der Waals surface area contributed by atoms with E-state index in [0.29, 0.717) is 0 Å². The van der Waals surface area contributed by atoms with E-state index in [-0.39, 0.29) is 0 Å².